The lowest BCUT2D eigenvalue weighted by Gasteiger charge is -2.22. The van der Waals surface area contributed by atoms with Gasteiger partial charge in [-0.15, -0.1) is 0 Å². The molecule has 1 aromatic rings. The van der Waals surface area contributed by atoms with Crippen molar-refractivity contribution in [3.8, 4) is 0 Å². The van der Waals surface area contributed by atoms with Gasteiger partial charge in [0.15, 0.2) is 0 Å². The predicted molar refractivity (Wildman–Crippen MR) is 63.5 cm³/mol. The average Bonchev–Trinajstić information content (AvgIpc) is 2.33. The van der Waals surface area contributed by atoms with Gasteiger partial charge in [-0.1, -0.05) is 0 Å². The minimum Gasteiger partial charge on any atom is -0.383 e. The first-order valence-corrected chi connectivity index (χ1v) is 5.72. The van der Waals surface area contributed by atoms with Gasteiger partial charge < -0.3 is 10.2 Å². The molecule has 3 nitrogen and oxygen atoms in total. The van der Waals surface area contributed by atoms with Crippen LogP contribution in [0, 0.1) is 11.6 Å². The van der Waals surface area contributed by atoms with Crippen LogP contribution >= 0.6 is 0 Å². The molecule has 0 atom stereocenters. The van der Waals surface area contributed by atoms with E-state index in [1.807, 2.05) is 0 Å². The Morgan fingerprint density at radius 2 is 1.75 bits per heavy atom. The summed E-state index contributed by atoms with van der Waals surface area (Å²) in [7, 11) is 1.28. The molecule has 0 aliphatic heterocycles. The summed E-state index contributed by atoms with van der Waals surface area (Å²) in [5.41, 5.74) is -0.912. The number of halogens is 5. The SMILES string of the molecule is CCN(CC(F)(F)F)C(=O)c1cc(F)c(NC)c(F)c1. The number of carbonyl (C=O) groups is 1. The highest BCUT2D eigenvalue weighted by molar-refractivity contribution is 5.94. The molecule has 1 aromatic carbocycles. The van der Waals surface area contributed by atoms with E-state index in [-0.39, 0.29) is 6.54 Å². The molecular weight excluding hydrogens is 283 g/mol. The fraction of sp³-hybridized carbons (Fsp3) is 0.417. The van der Waals surface area contributed by atoms with Crippen LogP contribution in [-0.4, -0.2) is 37.1 Å². The lowest BCUT2D eigenvalue weighted by molar-refractivity contribution is -0.140. The molecule has 0 radical (unpaired) electrons. The van der Waals surface area contributed by atoms with Crippen molar-refractivity contribution in [3.63, 3.8) is 0 Å². The van der Waals surface area contributed by atoms with Crippen molar-refractivity contribution in [2.24, 2.45) is 0 Å². The highest BCUT2D eigenvalue weighted by Crippen LogP contribution is 2.22. The van der Waals surface area contributed by atoms with Crippen LogP contribution in [-0.2, 0) is 0 Å². The van der Waals surface area contributed by atoms with E-state index in [2.05, 4.69) is 5.32 Å². The Morgan fingerprint density at radius 3 is 2.10 bits per heavy atom. The maximum absolute atomic E-state index is 13.5. The van der Waals surface area contributed by atoms with Crippen molar-refractivity contribution in [1.82, 2.24) is 4.90 Å². The molecule has 112 valence electrons. The monoisotopic (exact) mass is 296 g/mol. The van der Waals surface area contributed by atoms with Gasteiger partial charge >= 0.3 is 6.18 Å². The second-order valence-electron chi connectivity index (χ2n) is 4.00. The molecule has 0 bridgehead atoms. The Hall–Kier alpha value is -1.86. The van der Waals surface area contributed by atoms with Gasteiger partial charge in [0.25, 0.3) is 5.91 Å². The highest BCUT2D eigenvalue weighted by Gasteiger charge is 2.33. The minimum atomic E-state index is -4.58. The number of carbonyl (C=O) groups excluding carboxylic acids is 1. The van der Waals surface area contributed by atoms with Crippen LogP contribution < -0.4 is 5.32 Å². The van der Waals surface area contributed by atoms with Crippen molar-refractivity contribution in [3.05, 3.63) is 29.3 Å². The van der Waals surface area contributed by atoms with E-state index in [4.69, 9.17) is 0 Å². The molecule has 1 rings (SSSR count). The fourth-order valence-corrected chi connectivity index (χ4v) is 1.66. The van der Waals surface area contributed by atoms with Gasteiger partial charge in [-0.3, -0.25) is 4.79 Å². The van der Waals surface area contributed by atoms with Crippen molar-refractivity contribution in [1.29, 1.82) is 0 Å². The molecule has 0 aliphatic rings. The lowest BCUT2D eigenvalue weighted by atomic mass is 10.1. The zero-order chi connectivity index (χ0) is 15.5. The molecule has 1 amide bonds. The van der Waals surface area contributed by atoms with Gasteiger partial charge in [-0.2, -0.15) is 13.2 Å². The fourth-order valence-electron chi connectivity index (χ4n) is 1.66. The molecule has 0 aliphatic carbocycles. The second-order valence-corrected chi connectivity index (χ2v) is 4.00. The number of amides is 1. The largest absolute Gasteiger partial charge is 0.406 e. The highest BCUT2D eigenvalue weighted by atomic mass is 19.4. The van der Waals surface area contributed by atoms with Crippen LogP contribution in [0.25, 0.3) is 0 Å². The summed E-state index contributed by atoms with van der Waals surface area (Å²) in [5, 5.41) is 2.26. The normalized spacial score (nSPS) is 11.3. The number of benzene rings is 1. The number of anilines is 1. The zero-order valence-corrected chi connectivity index (χ0v) is 10.8. The third kappa shape index (κ3) is 3.82. The number of nitrogens with one attached hydrogen (secondary N) is 1. The Labute approximate surface area is 112 Å². The van der Waals surface area contributed by atoms with E-state index in [0.717, 1.165) is 0 Å². The van der Waals surface area contributed by atoms with Crippen molar-refractivity contribution in [2.75, 3.05) is 25.5 Å². The first-order chi connectivity index (χ1) is 9.19. The molecule has 0 saturated carbocycles. The number of nitrogens with zero attached hydrogens (tertiary/aromatic N) is 1. The first kappa shape index (κ1) is 16.2. The summed E-state index contributed by atoms with van der Waals surface area (Å²) < 4.78 is 63.8. The molecule has 0 unspecified atom stereocenters. The van der Waals surface area contributed by atoms with Crippen LogP contribution in [0.3, 0.4) is 0 Å². The Bertz CT molecular complexity index is 478. The quantitative estimate of drug-likeness (QED) is 0.866. The topological polar surface area (TPSA) is 32.3 Å². The molecule has 20 heavy (non-hydrogen) atoms. The van der Waals surface area contributed by atoms with Crippen LogP contribution in [0.15, 0.2) is 12.1 Å². The maximum atomic E-state index is 13.5. The van der Waals surface area contributed by atoms with Gasteiger partial charge in [0.2, 0.25) is 0 Å². The Morgan fingerprint density at radius 1 is 1.25 bits per heavy atom. The van der Waals surface area contributed by atoms with E-state index in [9.17, 15) is 26.7 Å². The molecule has 1 N–H and O–H groups in total. The average molecular weight is 296 g/mol. The summed E-state index contributed by atoms with van der Waals surface area (Å²) in [4.78, 5) is 12.3. The number of rotatable bonds is 4. The molecule has 0 fully saturated rings. The Balaban J connectivity index is 3.07. The van der Waals surface area contributed by atoms with Crippen LogP contribution in [0.5, 0.6) is 0 Å². The van der Waals surface area contributed by atoms with Gasteiger partial charge in [0.1, 0.15) is 23.9 Å². The minimum absolute atomic E-state index is 0.227. The van der Waals surface area contributed by atoms with E-state index >= 15 is 0 Å². The first-order valence-electron chi connectivity index (χ1n) is 5.72. The third-order valence-electron chi connectivity index (χ3n) is 2.58. The Kier molecular flexibility index (Phi) is 4.91. The van der Waals surface area contributed by atoms with Crippen LogP contribution in [0.2, 0.25) is 0 Å². The van der Waals surface area contributed by atoms with E-state index in [1.54, 1.807) is 0 Å². The van der Waals surface area contributed by atoms with E-state index < -0.39 is 41.5 Å². The maximum Gasteiger partial charge on any atom is 0.406 e. The summed E-state index contributed by atoms with van der Waals surface area (Å²) in [6.07, 6.45) is -4.58. The summed E-state index contributed by atoms with van der Waals surface area (Å²) >= 11 is 0. The zero-order valence-electron chi connectivity index (χ0n) is 10.8. The summed E-state index contributed by atoms with van der Waals surface area (Å²) in [6.45, 7) is -0.354. The van der Waals surface area contributed by atoms with Crippen molar-refractivity contribution >= 4 is 11.6 Å². The smallest absolute Gasteiger partial charge is 0.383 e. The van der Waals surface area contributed by atoms with Gasteiger partial charge in [0, 0.05) is 19.2 Å². The molecule has 0 aromatic heterocycles. The lowest BCUT2D eigenvalue weighted by Crippen LogP contribution is -2.38. The molecule has 0 saturated heterocycles. The van der Waals surface area contributed by atoms with Gasteiger partial charge in [0.05, 0.1) is 0 Å². The number of hydrogen-bond donors (Lipinski definition) is 1. The summed E-state index contributed by atoms with van der Waals surface area (Å²) in [5.74, 6) is -3.16. The van der Waals surface area contributed by atoms with Gasteiger partial charge in [-0.05, 0) is 19.1 Å². The molecule has 0 heterocycles. The van der Waals surface area contributed by atoms with Crippen LogP contribution in [0.1, 0.15) is 17.3 Å². The second kappa shape index (κ2) is 6.06. The standard InChI is InChI=1S/C12H13F5N2O/c1-3-19(6-12(15,16)17)11(20)7-4-8(13)10(18-2)9(14)5-7/h4-5,18H,3,6H2,1-2H3. The molecular formula is C12H13F5N2O. The third-order valence-corrected chi connectivity index (χ3v) is 2.58. The predicted octanol–water partition coefficient (Wildman–Crippen LogP) is 3.03. The number of alkyl halides is 3. The van der Waals surface area contributed by atoms with E-state index in [0.29, 0.717) is 17.0 Å². The van der Waals surface area contributed by atoms with Gasteiger partial charge in [-0.25, -0.2) is 8.78 Å². The molecule has 8 heteroatoms. The van der Waals surface area contributed by atoms with Crippen LogP contribution in [0.4, 0.5) is 27.6 Å². The molecule has 0 spiro atoms. The summed E-state index contributed by atoms with van der Waals surface area (Å²) in [6, 6.07) is 1.41. The van der Waals surface area contributed by atoms with Crippen molar-refractivity contribution in [2.45, 2.75) is 13.1 Å². The van der Waals surface area contributed by atoms with Crippen molar-refractivity contribution < 1.29 is 26.7 Å². The van der Waals surface area contributed by atoms with E-state index in [1.165, 1.54) is 14.0 Å². The number of hydrogen-bond acceptors (Lipinski definition) is 2.